The number of unbranched alkanes of at least 4 members (excludes halogenated alkanes) is 8. The van der Waals surface area contributed by atoms with Gasteiger partial charge in [0.15, 0.2) is 0 Å². The third kappa shape index (κ3) is 12.2. The lowest BCUT2D eigenvalue weighted by Gasteiger charge is -2.17. The Morgan fingerprint density at radius 1 is 0.719 bits per heavy atom. The highest BCUT2D eigenvalue weighted by Gasteiger charge is 2.20. The molecule has 0 amide bonds. The topological polar surface area (TPSA) is 61.8 Å². The van der Waals surface area contributed by atoms with Crippen molar-refractivity contribution in [2.24, 2.45) is 5.92 Å². The molecule has 32 heavy (non-hydrogen) atoms. The maximum atomic E-state index is 12.7. The second-order valence-electron chi connectivity index (χ2n) is 8.54. The molecule has 1 unspecified atom stereocenters. The summed E-state index contributed by atoms with van der Waals surface area (Å²) < 4.78 is 16.2. The van der Waals surface area contributed by atoms with E-state index < -0.39 is 11.9 Å². The zero-order chi connectivity index (χ0) is 23.4. The van der Waals surface area contributed by atoms with E-state index in [4.69, 9.17) is 14.2 Å². The summed E-state index contributed by atoms with van der Waals surface area (Å²) in [6.45, 7) is 5.74. The van der Waals surface area contributed by atoms with Gasteiger partial charge in [-0.3, -0.25) is 0 Å². The van der Waals surface area contributed by atoms with Crippen molar-refractivity contribution in [2.75, 3.05) is 26.9 Å². The van der Waals surface area contributed by atoms with Gasteiger partial charge in [0.2, 0.25) is 0 Å². The van der Waals surface area contributed by atoms with E-state index in [2.05, 4.69) is 13.8 Å². The van der Waals surface area contributed by atoms with Crippen LogP contribution in [0.4, 0.5) is 0 Å². The lowest BCUT2D eigenvalue weighted by Crippen LogP contribution is -2.19. The highest BCUT2D eigenvalue weighted by Crippen LogP contribution is 2.17. The molecule has 0 aliphatic heterocycles. The lowest BCUT2D eigenvalue weighted by atomic mass is 10.00. The van der Waals surface area contributed by atoms with E-state index >= 15 is 0 Å². The first-order chi connectivity index (χ1) is 15.6. The van der Waals surface area contributed by atoms with Crippen molar-refractivity contribution in [3.05, 3.63) is 35.4 Å². The van der Waals surface area contributed by atoms with Crippen LogP contribution in [-0.4, -0.2) is 38.9 Å². The quantitative estimate of drug-likeness (QED) is 0.169. The van der Waals surface area contributed by atoms with Crippen LogP contribution in [0.5, 0.6) is 0 Å². The summed E-state index contributed by atoms with van der Waals surface area (Å²) in [5, 5.41) is 0. The molecule has 0 saturated heterocycles. The normalized spacial score (nSPS) is 11.8. The van der Waals surface area contributed by atoms with E-state index in [9.17, 15) is 9.59 Å². The van der Waals surface area contributed by atoms with Gasteiger partial charge < -0.3 is 14.2 Å². The van der Waals surface area contributed by atoms with Gasteiger partial charge in [-0.25, -0.2) is 9.59 Å². The molecule has 0 aliphatic rings. The molecule has 0 spiro atoms. The van der Waals surface area contributed by atoms with E-state index in [1.54, 1.807) is 31.4 Å². The molecule has 1 aromatic rings. The molecule has 0 aromatic heterocycles. The number of hydrogen-bond acceptors (Lipinski definition) is 5. The zero-order valence-electron chi connectivity index (χ0n) is 20.5. The number of rotatable bonds is 19. The van der Waals surface area contributed by atoms with Crippen LogP contribution in [0.2, 0.25) is 0 Å². The Labute approximate surface area is 195 Å². The summed E-state index contributed by atoms with van der Waals surface area (Å²) in [4.78, 5) is 25.2. The molecule has 0 aliphatic carbocycles. The van der Waals surface area contributed by atoms with E-state index in [-0.39, 0.29) is 17.0 Å². The summed E-state index contributed by atoms with van der Waals surface area (Å²) in [6, 6.07) is 6.75. The Kier molecular flexibility index (Phi) is 16.4. The van der Waals surface area contributed by atoms with Crippen LogP contribution >= 0.6 is 0 Å². The molecule has 1 atom stereocenters. The zero-order valence-corrected chi connectivity index (χ0v) is 20.5. The van der Waals surface area contributed by atoms with Gasteiger partial charge in [-0.15, -0.1) is 0 Å². The fourth-order valence-electron chi connectivity index (χ4n) is 3.68. The Bertz CT molecular complexity index is 620. The van der Waals surface area contributed by atoms with Crippen LogP contribution < -0.4 is 0 Å². The Balaban J connectivity index is 2.46. The average Bonchev–Trinajstić information content (AvgIpc) is 2.82. The second-order valence-corrected chi connectivity index (χ2v) is 8.54. The molecule has 0 fully saturated rings. The van der Waals surface area contributed by atoms with Gasteiger partial charge in [-0.1, -0.05) is 83.8 Å². The van der Waals surface area contributed by atoms with Gasteiger partial charge in [0.1, 0.15) is 0 Å². The molecule has 1 rings (SSSR count). The van der Waals surface area contributed by atoms with Gasteiger partial charge in [-0.2, -0.15) is 0 Å². The molecular weight excluding hydrogens is 404 g/mol. The average molecular weight is 449 g/mol. The molecule has 0 radical (unpaired) electrons. The standard InChI is InChI=1S/C27H44O5/c1-4-6-8-9-10-11-12-15-20-31-26(28)24-17-13-14-18-25(24)27(29)32-22-23(16-7-5-2)19-21-30-3/h13-14,17-18,23H,4-12,15-16,19-22H2,1-3H3. The summed E-state index contributed by atoms with van der Waals surface area (Å²) in [7, 11) is 1.68. The Morgan fingerprint density at radius 2 is 1.28 bits per heavy atom. The molecule has 182 valence electrons. The van der Waals surface area contributed by atoms with Gasteiger partial charge in [0, 0.05) is 13.7 Å². The minimum absolute atomic E-state index is 0.264. The number of ether oxygens (including phenoxy) is 3. The minimum atomic E-state index is -0.469. The van der Waals surface area contributed by atoms with Crippen LogP contribution in [0.3, 0.4) is 0 Å². The highest BCUT2D eigenvalue weighted by atomic mass is 16.5. The number of esters is 2. The maximum absolute atomic E-state index is 12.7. The lowest BCUT2D eigenvalue weighted by molar-refractivity contribution is 0.0381. The van der Waals surface area contributed by atoms with Crippen molar-refractivity contribution in [3.8, 4) is 0 Å². The smallest absolute Gasteiger partial charge is 0.339 e. The van der Waals surface area contributed by atoms with E-state index in [0.717, 1.165) is 38.5 Å². The predicted molar refractivity (Wildman–Crippen MR) is 129 cm³/mol. The van der Waals surface area contributed by atoms with Crippen molar-refractivity contribution in [1.82, 2.24) is 0 Å². The maximum Gasteiger partial charge on any atom is 0.339 e. The molecule has 0 saturated carbocycles. The van der Waals surface area contributed by atoms with Crippen molar-refractivity contribution in [3.63, 3.8) is 0 Å². The number of hydrogen-bond donors (Lipinski definition) is 0. The highest BCUT2D eigenvalue weighted by molar-refractivity contribution is 6.03. The molecule has 1 aromatic carbocycles. The fourth-order valence-corrected chi connectivity index (χ4v) is 3.68. The third-order valence-corrected chi connectivity index (χ3v) is 5.74. The molecule has 0 bridgehead atoms. The number of carbonyl (C=O) groups excluding carboxylic acids is 2. The van der Waals surface area contributed by atoms with Crippen LogP contribution in [0, 0.1) is 5.92 Å². The Hall–Kier alpha value is -1.88. The van der Waals surface area contributed by atoms with Crippen molar-refractivity contribution < 1.29 is 23.8 Å². The summed E-state index contributed by atoms with van der Waals surface area (Å²) in [6.07, 6.45) is 13.5. The van der Waals surface area contributed by atoms with Crippen molar-refractivity contribution in [1.29, 1.82) is 0 Å². The number of carbonyl (C=O) groups is 2. The summed E-state index contributed by atoms with van der Waals surface area (Å²) in [5.74, 6) is -0.661. The van der Waals surface area contributed by atoms with Crippen LogP contribution in [0.25, 0.3) is 0 Å². The fraction of sp³-hybridized carbons (Fsp3) is 0.704. The van der Waals surface area contributed by atoms with Crippen molar-refractivity contribution >= 4 is 11.9 Å². The molecule has 0 heterocycles. The molecule has 5 nitrogen and oxygen atoms in total. The van der Waals surface area contributed by atoms with E-state index in [1.807, 2.05) is 0 Å². The number of benzene rings is 1. The van der Waals surface area contributed by atoms with Crippen LogP contribution in [-0.2, 0) is 14.2 Å². The van der Waals surface area contributed by atoms with Gasteiger partial charge >= 0.3 is 11.9 Å². The van der Waals surface area contributed by atoms with Gasteiger partial charge in [0.05, 0.1) is 24.3 Å². The Morgan fingerprint density at radius 3 is 1.88 bits per heavy atom. The van der Waals surface area contributed by atoms with Crippen molar-refractivity contribution in [2.45, 2.75) is 90.9 Å². The van der Waals surface area contributed by atoms with E-state index in [1.165, 1.54) is 38.5 Å². The SMILES string of the molecule is CCCCCCCCCCOC(=O)c1ccccc1C(=O)OCC(CCCC)CCOC. The largest absolute Gasteiger partial charge is 0.462 e. The molecular formula is C27H44O5. The molecule has 0 N–H and O–H groups in total. The van der Waals surface area contributed by atoms with Crippen LogP contribution in [0.1, 0.15) is 112 Å². The first-order valence-electron chi connectivity index (χ1n) is 12.6. The first-order valence-corrected chi connectivity index (χ1v) is 12.6. The minimum Gasteiger partial charge on any atom is -0.462 e. The third-order valence-electron chi connectivity index (χ3n) is 5.74. The van der Waals surface area contributed by atoms with E-state index in [0.29, 0.717) is 19.8 Å². The second kappa shape index (κ2) is 18.7. The monoisotopic (exact) mass is 448 g/mol. The number of methoxy groups -OCH3 is 1. The molecule has 5 heteroatoms. The van der Waals surface area contributed by atoms with Gasteiger partial charge in [-0.05, 0) is 37.3 Å². The van der Waals surface area contributed by atoms with Crippen LogP contribution in [0.15, 0.2) is 24.3 Å². The predicted octanol–water partition coefficient (Wildman–Crippen LogP) is 6.98. The summed E-state index contributed by atoms with van der Waals surface area (Å²) >= 11 is 0. The first kappa shape index (κ1) is 28.2. The van der Waals surface area contributed by atoms with Gasteiger partial charge in [0.25, 0.3) is 0 Å². The summed E-state index contributed by atoms with van der Waals surface area (Å²) in [5.41, 5.74) is 0.550.